The number of halogens is 4. The van der Waals surface area contributed by atoms with E-state index < -0.39 is 82.3 Å². The second-order valence-corrected chi connectivity index (χ2v) is 19.1. The third-order valence-corrected chi connectivity index (χ3v) is 12.6. The van der Waals surface area contributed by atoms with Crippen molar-refractivity contribution in [1.82, 2.24) is 25.5 Å². The van der Waals surface area contributed by atoms with Gasteiger partial charge in [0.2, 0.25) is 23.6 Å². The molecule has 0 saturated carbocycles. The van der Waals surface area contributed by atoms with Crippen LogP contribution in [0.2, 0.25) is 0 Å². The van der Waals surface area contributed by atoms with Crippen LogP contribution in [0.15, 0.2) is 54.2 Å². The van der Waals surface area contributed by atoms with Gasteiger partial charge in [-0.15, -0.1) is 11.3 Å². The summed E-state index contributed by atoms with van der Waals surface area (Å²) in [4.78, 5) is 54.4. The molecule has 4 aromatic rings. The maximum atomic E-state index is 15.6. The Morgan fingerprint density at radius 1 is 1.09 bits per heavy atom. The van der Waals surface area contributed by atoms with E-state index in [0.29, 0.717) is 11.3 Å². The number of nitriles is 1. The minimum atomic E-state index is -5.15. The molecule has 0 bridgehead atoms. The van der Waals surface area contributed by atoms with Crippen LogP contribution in [0.4, 0.5) is 28.9 Å². The Hall–Kier alpha value is -5.79. The van der Waals surface area contributed by atoms with Crippen molar-refractivity contribution in [1.29, 1.82) is 5.26 Å². The minimum absolute atomic E-state index is 0.0339. The lowest BCUT2D eigenvalue weighted by Crippen LogP contribution is -2.58. The predicted molar refractivity (Wildman–Crippen MR) is 246 cm³/mol. The van der Waals surface area contributed by atoms with Gasteiger partial charge < -0.3 is 39.8 Å². The number of carbonyl (C=O) groups is 3. The van der Waals surface area contributed by atoms with Gasteiger partial charge in [0.25, 0.3) is 0 Å². The van der Waals surface area contributed by atoms with E-state index in [9.17, 15) is 37.9 Å². The van der Waals surface area contributed by atoms with E-state index in [4.69, 9.17) is 26.4 Å². The molecule has 67 heavy (non-hydrogen) atoms. The highest BCUT2D eigenvalue weighted by Crippen LogP contribution is 2.40. The summed E-state index contributed by atoms with van der Waals surface area (Å²) in [6.07, 6.45) is -4.58. The van der Waals surface area contributed by atoms with Crippen LogP contribution in [0, 0.1) is 36.4 Å². The number of β-amino-alcohol motifs (C(OH)–C–C–N with tert-alkyl or cyclic N) is 1. The van der Waals surface area contributed by atoms with Crippen molar-refractivity contribution in [3.05, 3.63) is 87.9 Å². The maximum absolute atomic E-state index is 15.6. The Kier molecular flexibility index (Phi) is 15.6. The summed E-state index contributed by atoms with van der Waals surface area (Å²) in [5.41, 5.74) is 0.871. The van der Waals surface area contributed by atoms with Gasteiger partial charge in [-0.1, -0.05) is 45.0 Å². The summed E-state index contributed by atoms with van der Waals surface area (Å²) in [5, 5.41) is 25.4. The molecule has 2 aliphatic rings. The summed E-state index contributed by atoms with van der Waals surface area (Å²) in [7, 11) is 0. The summed E-state index contributed by atoms with van der Waals surface area (Å²) < 4.78 is 74.3. The number of aliphatic hydroxyl groups excluding tert-OH is 1. The number of alkyl halides is 3. The number of nitrogens with zero attached hydrogens (tertiary/aromatic N) is 6. The highest BCUT2D eigenvalue weighted by Gasteiger charge is 2.45. The quantitative estimate of drug-likeness (QED) is 0.0716. The highest BCUT2D eigenvalue weighted by molar-refractivity contribution is 7.80. The van der Waals surface area contributed by atoms with Crippen molar-refractivity contribution >= 4 is 57.8 Å². The van der Waals surface area contributed by atoms with Crippen molar-refractivity contribution < 1.29 is 51.3 Å². The zero-order chi connectivity index (χ0) is 49.0. The van der Waals surface area contributed by atoms with Gasteiger partial charge in [-0.3, -0.25) is 19.3 Å². The number of likely N-dealkylation sites (tertiary alicyclic amines) is 1. The molecule has 0 spiro atoms. The molecule has 15 nitrogen and oxygen atoms in total. The second-order valence-electron chi connectivity index (χ2n) is 17.9. The first kappa shape index (κ1) is 50.6. The van der Waals surface area contributed by atoms with E-state index in [-0.39, 0.29) is 57.1 Å². The molecule has 3 atom stereocenters. The molecular weight excluding hydrogens is 917 g/mol. The highest BCUT2D eigenvalue weighted by atomic mass is 32.1. The topological polar surface area (TPSA) is 182 Å². The Bertz CT molecular complexity index is 2530. The Morgan fingerprint density at radius 2 is 1.81 bits per heavy atom. The number of nitrogens with one attached hydrogen (secondary N) is 2. The van der Waals surface area contributed by atoms with Crippen LogP contribution in [-0.4, -0.2) is 106 Å². The van der Waals surface area contributed by atoms with E-state index in [2.05, 4.69) is 20.6 Å². The van der Waals surface area contributed by atoms with Crippen LogP contribution < -0.4 is 25.2 Å². The zero-order valence-electron chi connectivity index (χ0n) is 38.0. The molecule has 2 aromatic heterocycles. The first-order chi connectivity index (χ1) is 31.5. The number of aromatic nitrogens is 2. The number of thiocarbonyl (C=S) groups is 1. The number of thiazole rings is 1. The van der Waals surface area contributed by atoms with E-state index in [1.807, 2.05) is 31.2 Å². The van der Waals surface area contributed by atoms with E-state index in [1.165, 1.54) is 17.2 Å². The van der Waals surface area contributed by atoms with E-state index >= 15 is 4.39 Å². The molecule has 0 unspecified atom stereocenters. The van der Waals surface area contributed by atoms with Crippen molar-refractivity contribution in [2.45, 2.75) is 91.3 Å². The van der Waals surface area contributed by atoms with Gasteiger partial charge in [0.05, 0.1) is 70.1 Å². The number of hydrogen-bond acceptors (Lipinski definition) is 12. The Balaban J connectivity index is 1.02. The summed E-state index contributed by atoms with van der Waals surface area (Å²) in [6.45, 7) is 11.9. The van der Waals surface area contributed by atoms with Crippen LogP contribution in [0.5, 0.6) is 5.88 Å². The number of hydrogen-bond donors (Lipinski definition) is 3. The summed E-state index contributed by atoms with van der Waals surface area (Å²) in [5.74, 6) is -3.01. The van der Waals surface area contributed by atoms with Gasteiger partial charge in [0.15, 0.2) is 10.9 Å². The van der Waals surface area contributed by atoms with Gasteiger partial charge in [0.1, 0.15) is 37.6 Å². The number of amides is 3. The van der Waals surface area contributed by atoms with Crippen molar-refractivity contribution in [3.63, 3.8) is 0 Å². The average Bonchev–Trinajstić information content (AvgIpc) is 3.85. The molecule has 2 aromatic carbocycles. The van der Waals surface area contributed by atoms with Gasteiger partial charge in [-0.2, -0.15) is 18.4 Å². The molecule has 2 saturated heterocycles. The normalized spacial score (nSPS) is 18.0. The van der Waals surface area contributed by atoms with E-state index in [0.717, 1.165) is 38.7 Å². The molecule has 3 N–H and O–H groups in total. The predicted octanol–water partition coefficient (Wildman–Crippen LogP) is 6.42. The fourth-order valence-corrected chi connectivity index (χ4v) is 9.13. The fourth-order valence-electron chi connectivity index (χ4n) is 7.82. The molecule has 6 rings (SSSR count). The first-order valence-corrected chi connectivity index (χ1v) is 22.5. The van der Waals surface area contributed by atoms with Crippen LogP contribution in [0.25, 0.3) is 10.4 Å². The summed E-state index contributed by atoms with van der Waals surface area (Å²) >= 11 is 7.31. The SMILES string of the molecule is Cc1cc(OCCOCC(=O)N[C@H](C(=O)N2C[C@H](O)C[C@H]2C(=O)NCc2ccc(-c3scnc3C)cc2)C(C)(C)C)ncc1N1C(=S)N(c2ccc(C#N)c(C(F)(F)F)c2F)COCC1(C)C. The lowest BCUT2D eigenvalue weighted by atomic mass is 9.85. The van der Waals surface area contributed by atoms with Crippen molar-refractivity contribution in [3.8, 4) is 22.4 Å². The molecule has 358 valence electrons. The van der Waals surface area contributed by atoms with Crippen LogP contribution in [-0.2, 0) is 36.6 Å². The zero-order valence-corrected chi connectivity index (χ0v) is 39.6. The number of benzene rings is 2. The van der Waals surface area contributed by atoms with Crippen molar-refractivity contribution in [2.75, 3.05) is 49.5 Å². The number of anilines is 2. The van der Waals surface area contributed by atoms with Crippen LogP contribution in [0.3, 0.4) is 0 Å². The van der Waals surface area contributed by atoms with E-state index in [1.54, 1.807) is 69.4 Å². The fraction of sp³-hybridized carbons (Fsp3) is 0.457. The number of rotatable bonds is 14. The Morgan fingerprint density at radius 3 is 2.43 bits per heavy atom. The Labute approximate surface area is 395 Å². The molecular formula is C46H52F4N8O7S2. The lowest BCUT2D eigenvalue weighted by molar-refractivity contribution is -0.144. The van der Waals surface area contributed by atoms with Gasteiger partial charge in [-0.05, 0) is 74.2 Å². The standard InChI is InChI=1S/C46H52F4N8O7S2/c1-26-16-36(52-20-34(26)58-43(66)57(25-64-23-45(58,6)7)32-13-12-30(18-51)37(38(32)47)46(48,49)50)65-15-14-63-22-35(60)55-40(44(3,4)5)42(62)56-21-31(59)17-33(56)41(61)53-19-28-8-10-29(11-9-28)39-27(2)54-24-67-39/h8-13,16,20,24,31,33,40,59H,14-15,17,19,21-23,25H2,1-7H3,(H,53,61)(H,55,60)/t31-,33+,40-/m1/s1. The molecule has 0 aliphatic carbocycles. The number of aryl methyl sites for hydroxylation is 2. The van der Waals surface area contributed by atoms with Crippen LogP contribution >= 0.6 is 23.6 Å². The van der Waals surface area contributed by atoms with Crippen LogP contribution in [0.1, 0.15) is 69.0 Å². The number of ether oxygens (including phenoxy) is 3. The first-order valence-electron chi connectivity index (χ1n) is 21.2. The average molecular weight is 969 g/mol. The molecule has 2 fully saturated rings. The minimum Gasteiger partial charge on any atom is -0.475 e. The summed E-state index contributed by atoms with van der Waals surface area (Å²) in [6, 6.07) is 10.7. The number of aliphatic hydroxyl groups is 1. The maximum Gasteiger partial charge on any atom is 0.420 e. The smallest absolute Gasteiger partial charge is 0.420 e. The van der Waals surface area contributed by atoms with Gasteiger partial charge in [0, 0.05) is 25.6 Å². The third-order valence-electron chi connectivity index (χ3n) is 11.2. The van der Waals surface area contributed by atoms with Gasteiger partial charge >= 0.3 is 6.18 Å². The second kappa shape index (κ2) is 20.6. The lowest BCUT2D eigenvalue weighted by Gasteiger charge is -2.40. The monoisotopic (exact) mass is 968 g/mol. The molecule has 2 aliphatic heterocycles. The number of pyridine rings is 1. The molecule has 4 heterocycles. The molecule has 21 heteroatoms. The van der Waals surface area contributed by atoms with Gasteiger partial charge in [-0.25, -0.2) is 14.4 Å². The number of carbonyl (C=O) groups excluding carboxylic acids is 3. The largest absolute Gasteiger partial charge is 0.475 e. The molecule has 3 amide bonds. The molecule has 0 radical (unpaired) electrons. The van der Waals surface area contributed by atoms with Crippen molar-refractivity contribution in [2.24, 2.45) is 5.41 Å². The third kappa shape index (κ3) is 11.7.